The molecule has 0 aromatic carbocycles. The van der Waals surface area contributed by atoms with Crippen molar-refractivity contribution < 1.29 is 31.9 Å². The van der Waals surface area contributed by atoms with Crippen LogP contribution in [0.5, 0.6) is 0 Å². The van der Waals surface area contributed by atoms with Crippen LogP contribution >= 0.6 is 0 Å². The second-order valence-electron chi connectivity index (χ2n) is 4.55. The van der Waals surface area contributed by atoms with Gasteiger partial charge in [0.05, 0.1) is 5.69 Å². The molecule has 0 saturated carbocycles. The number of hydrogen-bond donors (Lipinski definition) is 1. The molecular formula is C12H7F5N4O2. The highest BCUT2D eigenvalue weighted by Crippen LogP contribution is 2.38. The van der Waals surface area contributed by atoms with Gasteiger partial charge in [-0.25, -0.2) is 14.8 Å². The maximum Gasteiger partial charge on any atom is 0.453 e. The van der Waals surface area contributed by atoms with E-state index in [-0.39, 0.29) is 17.0 Å². The largest absolute Gasteiger partial charge is 0.476 e. The minimum atomic E-state index is -5.71. The Hall–Kier alpha value is -2.77. The number of alkyl halides is 5. The molecule has 2 aromatic rings. The number of halogens is 5. The molecule has 122 valence electrons. The zero-order valence-electron chi connectivity index (χ0n) is 11.1. The van der Waals surface area contributed by atoms with Gasteiger partial charge in [-0.15, -0.1) is 0 Å². The number of aromatic nitrogens is 3. The van der Waals surface area contributed by atoms with Crippen molar-refractivity contribution in [2.75, 3.05) is 0 Å². The summed E-state index contributed by atoms with van der Waals surface area (Å²) < 4.78 is 63.6. The number of carboxylic acids is 1. The first-order chi connectivity index (χ1) is 10.5. The molecule has 0 aliphatic rings. The van der Waals surface area contributed by atoms with Crippen LogP contribution in [-0.4, -0.2) is 37.5 Å². The number of hydrogen-bond acceptors (Lipinski definition) is 4. The fourth-order valence-electron chi connectivity index (χ4n) is 1.80. The Kier molecular flexibility index (Phi) is 3.94. The van der Waals surface area contributed by atoms with Gasteiger partial charge in [0, 0.05) is 18.8 Å². The number of nitriles is 1. The number of nitrogens with zero attached hydrogens (tertiary/aromatic N) is 4. The van der Waals surface area contributed by atoms with Crippen LogP contribution < -0.4 is 0 Å². The van der Waals surface area contributed by atoms with Gasteiger partial charge in [0.25, 0.3) is 0 Å². The van der Waals surface area contributed by atoms with Gasteiger partial charge in [-0.2, -0.15) is 27.2 Å². The molecule has 2 heterocycles. The van der Waals surface area contributed by atoms with E-state index >= 15 is 0 Å². The van der Waals surface area contributed by atoms with Crippen molar-refractivity contribution in [1.29, 1.82) is 5.26 Å². The molecule has 0 fully saturated rings. The van der Waals surface area contributed by atoms with Crippen LogP contribution in [0.15, 0.2) is 12.4 Å². The Morgan fingerprint density at radius 3 is 2.43 bits per heavy atom. The number of carboxylic acid groups (broad SMARTS) is 1. The van der Waals surface area contributed by atoms with Gasteiger partial charge in [-0.3, -0.25) is 0 Å². The lowest BCUT2D eigenvalue weighted by Crippen LogP contribution is -2.36. The maximum absolute atomic E-state index is 13.0. The fraction of sp³-hybridized carbons (Fsp3) is 0.333. The monoisotopic (exact) mass is 334 g/mol. The van der Waals surface area contributed by atoms with E-state index in [4.69, 9.17) is 10.4 Å². The Morgan fingerprint density at radius 2 is 1.91 bits per heavy atom. The number of imidazole rings is 1. The van der Waals surface area contributed by atoms with Crippen LogP contribution in [0.25, 0.3) is 5.65 Å². The summed E-state index contributed by atoms with van der Waals surface area (Å²) in [5.41, 5.74) is -1.23. The van der Waals surface area contributed by atoms with Crippen molar-refractivity contribution in [3.05, 3.63) is 29.5 Å². The van der Waals surface area contributed by atoms with Crippen LogP contribution in [0, 0.1) is 11.3 Å². The van der Waals surface area contributed by atoms with Crippen molar-refractivity contribution >= 4 is 11.6 Å². The third kappa shape index (κ3) is 3.20. The van der Waals surface area contributed by atoms with Crippen LogP contribution in [0.3, 0.4) is 0 Å². The fourth-order valence-corrected chi connectivity index (χ4v) is 1.80. The summed E-state index contributed by atoms with van der Waals surface area (Å²) in [6, 6.07) is 1.61. The van der Waals surface area contributed by atoms with Gasteiger partial charge < -0.3 is 9.51 Å². The second kappa shape index (κ2) is 5.45. The average Bonchev–Trinajstić information content (AvgIpc) is 2.87. The van der Waals surface area contributed by atoms with Gasteiger partial charge in [-0.05, 0) is 6.42 Å². The van der Waals surface area contributed by atoms with E-state index in [0.29, 0.717) is 0 Å². The van der Waals surface area contributed by atoms with E-state index in [1.54, 1.807) is 6.07 Å². The van der Waals surface area contributed by atoms with Crippen molar-refractivity contribution in [3.63, 3.8) is 0 Å². The van der Waals surface area contributed by atoms with Crippen LogP contribution in [0.4, 0.5) is 22.0 Å². The standard InChI is InChI=1S/C12H7F5N4O2/c13-11(14,12(15,16)17)2-1-7-9-20-8(10(22)23)5-21(9)4-6(3-18)19-7/h4-5H,1-2H2,(H,22,23). The summed E-state index contributed by atoms with van der Waals surface area (Å²) in [6.45, 7) is 0. The summed E-state index contributed by atoms with van der Waals surface area (Å²) in [5, 5.41) is 17.6. The molecule has 2 rings (SSSR count). The maximum atomic E-state index is 13.0. The smallest absolute Gasteiger partial charge is 0.453 e. The quantitative estimate of drug-likeness (QED) is 0.867. The first kappa shape index (κ1) is 16.6. The van der Waals surface area contributed by atoms with Gasteiger partial charge in [0.2, 0.25) is 0 Å². The molecule has 23 heavy (non-hydrogen) atoms. The lowest BCUT2D eigenvalue weighted by molar-refractivity contribution is -0.284. The van der Waals surface area contributed by atoms with Gasteiger partial charge in [0.1, 0.15) is 6.07 Å². The zero-order valence-corrected chi connectivity index (χ0v) is 11.1. The Labute approximate surface area is 124 Å². The predicted molar refractivity (Wildman–Crippen MR) is 64.0 cm³/mol. The Bertz CT molecular complexity index is 806. The van der Waals surface area contributed by atoms with E-state index in [0.717, 1.165) is 16.8 Å². The molecule has 2 aromatic heterocycles. The molecule has 0 saturated heterocycles. The lowest BCUT2D eigenvalue weighted by Gasteiger charge is -2.19. The Morgan fingerprint density at radius 1 is 1.26 bits per heavy atom. The molecule has 6 nitrogen and oxygen atoms in total. The molecule has 0 atom stereocenters. The number of rotatable bonds is 4. The number of carbonyl (C=O) groups is 1. The zero-order chi connectivity index (χ0) is 17.4. The van der Waals surface area contributed by atoms with Crippen molar-refractivity contribution in [1.82, 2.24) is 14.4 Å². The van der Waals surface area contributed by atoms with E-state index < -0.39 is 36.6 Å². The number of aryl methyl sites for hydroxylation is 1. The number of aromatic carboxylic acids is 1. The van der Waals surface area contributed by atoms with Gasteiger partial charge in [0.15, 0.2) is 17.0 Å². The van der Waals surface area contributed by atoms with Crippen molar-refractivity contribution in [2.45, 2.75) is 24.9 Å². The molecule has 1 N–H and O–H groups in total. The van der Waals surface area contributed by atoms with Crippen molar-refractivity contribution in [3.8, 4) is 6.07 Å². The molecule has 0 spiro atoms. The van der Waals surface area contributed by atoms with Crippen LogP contribution in [-0.2, 0) is 6.42 Å². The lowest BCUT2D eigenvalue weighted by atomic mass is 10.1. The summed E-state index contributed by atoms with van der Waals surface area (Å²) in [6.07, 6.45) is -6.03. The molecule has 0 aliphatic heterocycles. The van der Waals surface area contributed by atoms with Gasteiger partial charge in [-0.1, -0.05) is 0 Å². The SMILES string of the molecule is N#Cc1cn2cc(C(=O)O)nc2c(CCC(F)(F)C(F)(F)F)n1. The Balaban J connectivity index is 2.43. The first-order valence-corrected chi connectivity index (χ1v) is 6.02. The topological polar surface area (TPSA) is 91.3 Å². The van der Waals surface area contributed by atoms with Crippen LogP contribution in [0.1, 0.15) is 28.3 Å². The molecule has 0 bridgehead atoms. The summed E-state index contributed by atoms with van der Waals surface area (Å²) >= 11 is 0. The summed E-state index contributed by atoms with van der Waals surface area (Å²) in [7, 11) is 0. The number of fused-ring (bicyclic) bond motifs is 1. The van der Waals surface area contributed by atoms with E-state index in [9.17, 15) is 26.7 Å². The average molecular weight is 334 g/mol. The summed E-state index contributed by atoms with van der Waals surface area (Å²) in [4.78, 5) is 18.1. The highest BCUT2D eigenvalue weighted by molar-refractivity contribution is 5.86. The van der Waals surface area contributed by atoms with E-state index in [2.05, 4.69) is 9.97 Å². The first-order valence-electron chi connectivity index (χ1n) is 6.02. The second-order valence-corrected chi connectivity index (χ2v) is 4.55. The van der Waals surface area contributed by atoms with E-state index in [1.807, 2.05) is 0 Å². The van der Waals surface area contributed by atoms with E-state index in [1.165, 1.54) is 0 Å². The summed E-state index contributed by atoms with van der Waals surface area (Å²) in [5.74, 6) is -6.35. The molecule has 11 heteroatoms. The molecular weight excluding hydrogens is 327 g/mol. The third-order valence-corrected chi connectivity index (χ3v) is 2.93. The molecule has 0 radical (unpaired) electrons. The molecule has 0 amide bonds. The molecule has 0 aliphatic carbocycles. The normalized spacial score (nSPS) is 12.3. The molecule has 0 unspecified atom stereocenters. The van der Waals surface area contributed by atoms with Crippen LogP contribution in [0.2, 0.25) is 0 Å². The third-order valence-electron chi connectivity index (χ3n) is 2.93. The highest BCUT2D eigenvalue weighted by atomic mass is 19.4. The highest BCUT2D eigenvalue weighted by Gasteiger charge is 2.56. The van der Waals surface area contributed by atoms with Gasteiger partial charge >= 0.3 is 18.1 Å². The minimum absolute atomic E-state index is 0.195. The minimum Gasteiger partial charge on any atom is -0.476 e. The van der Waals surface area contributed by atoms with Crippen molar-refractivity contribution in [2.24, 2.45) is 0 Å². The predicted octanol–water partition coefficient (Wildman–Crippen LogP) is 2.43.